The van der Waals surface area contributed by atoms with Gasteiger partial charge in [-0.25, -0.2) is 9.97 Å². The van der Waals surface area contributed by atoms with Gasteiger partial charge in [0.1, 0.15) is 18.0 Å². The topological polar surface area (TPSA) is 41.0 Å². The second-order valence-electron chi connectivity index (χ2n) is 5.51. The summed E-state index contributed by atoms with van der Waals surface area (Å²) in [6.45, 7) is 1.89. The fraction of sp³-hybridized carbons (Fsp3) is 0.375. The maximum atomic E-state index is 12.8. The van der Waals surface area contributed by atoms with Crippen LogP contribution in [0.15, 0.2) is 36.7 Å². The number of piperidine rings is 1. The molecule has 7 heteroatoms. The van der Waals surface area contributed by atoms with Crippen molar-refractivity contribution in [1.29, 1.82) is 0 Å². The number of hydrogen-bond donors (Lipinski definition) is 1. The Kier molecular flexibility index (Phi) is 4.36. The summed E-state index contributed by atoms with van der Waals surface area (Å²) in [6.07, 6.45) is 0.542. The average Bonchev–Trinajstić information content (AvgIpc) is 2.55. The molecule has 1 fully saturated rings. The summed E-state index contributed by atoms with van der Waals surface area (Å²) < 4.78 is 38.3. The van der Waals surface area contributed by atoms with Crippen LogP contribution in [-0.4, -0.2) is 23.1 Å². The summed E-state index contributed by atoms with van der Waals surface area (Å²) in [7, 11) is 0. The molecule has 1 aromatic carbocycles. The number of rotatable bonds is 3. The van der Waals surface area contributed by atoms with E-state index in [4.69, 9.17) is 0 Å². The first kappa shape index (κ1) is 15.6. The van der Waals surface area contributed by atoms with Gasteiger partial charge in [-0.3, -0.25) is 0 Å². The van der Waals surface area contributed by atoms with E-state index in [0.717, 1.165) is 43.9 Å². The highest BCUT2D eigenvalue weighted by molar-refractivity contribution is 5.60. The third-order valence-corrected chi connectivity index (χ3v) is 3.80. The Balaban J connectivity index is 1.78. The molecule has 122 valence electrons. The molecule has 1 aromatic heterocycles. The molecule has 1 saturated heterocycles. The normalized spacial score (nSPS) is 15.5. The van der Waals surface area contributed by atoms with E-state index < -0.39 is 11.7 Å². The van der Waals surface area contributed by atoms with Gasteiger partial charge < -0.3 is 10.2 Å². The molecule has 0 spiro atoms. The second kappa shape index (κ2) is 6.44. The van der Waals surface area contributed by atoms with E-state index in [1.807, 2.05) is 0 Å². The van der Waals surface area contributed by atoms with Gasteiger partial charge in [-0.1, -0.05) is 6.07 Å². The molecule has 0 bridgehead atoms. The molecule has 0 radical (unpaired) electrons. The molecule has 0 saturated carbocycles. The summed E-state index contributed by atoms with van der Waals surface area (Å²) in [6, 6.07) is 6.84. The van der Waals surface area contributed by atoms with Gasteiger partial charge >= 0.3 is 6.18 Å². The van der Waals surface area contributed by atoms with Gasteiger partial charge in [0.2, 0.25) is 0 Å². The zero-order valence-corrected chi connectivity index (χ0v) is 12.5. The lowest BCUT2D eigenvalue weighted by Crippen LogP contribution is -2.30. The third-order valence-electron chi connectivity index (χ3n) is 3.80. The Morgan fingerprint density at radius 1 is 1.00 bits per heavy atom. The SMILES string of the molecule is FC(F)(F)c1cccc(Nc2cc(N3CCCCC3)ncn2)c1. The standard InChI is InChI=1S/C16H17F3N4/c17-16(18,19)12-5-4-6-13(9-12)22-14-10-15(21-11-20-14)23-7-2-1-3-8-23/h4-6,9-11H,1-3,7-8H2,(H,20,21,22). The van der Waals surface area contributed by atoms with E-state index in [2.05, 4.69) is 20.2 Å². The van der Waals surface area contributed by atoms with Crippen molar-refractivity contribution in [3.63, 3.8) is 0 Å². The van der Waals surface area contributed by atoms with Crippen LogP contribution >= 0.6 is 0 Å². The average molecular weight is 322 g/mol. The van der Waals surface area contributed by atoms with Crippen LogP contribution < -0.4 is 10.2 Å². The monoisotopic (exact) mass is 322 g/mol. The summed E-state index contributed by atoms with van der Waals surface area (Å²) in [5.41, 5.74) is -0.337. The van der Waals surface area contributed by atoms with Crippen molar-refractivity contribution >= 4 is 17.3 Å². The zero-order chi connectivity index (χ0) is 16.3. The van der Waals surface area contributed by atoms with Crippen molar-refractivity contribution in [3.8, 4) is 0 Å². The minimum atomic E-state index is -4.36. The Bertz CT molecular complexity index is 666. The van der Waals surface area contributed by atoms with Crippen LogP contribution in [0.4, 0.5) is 30.5 Å². The van der Waals surface area contributed by atoms with E-state index in [1.165, 1.54) is 18.8 Å². The van der Waals surface area contributed by atoms with Crippen LogP contribution in [0, 0.1) is 0 Å². The summed E-state index contributed by atoms with van der Waals surface area (Å²) >= 11 is 0. The lowest BCUT2D eigenvalue weighted by atomic mass is 10.1. The maximum Gasteiger partial charge on any atom is 0.416 e. The molecule has 0 aliphatic carbocycles. The van der Waals surface area contributed by atoms with E-state index in [-0.39, 0.29) is 0 Å². The fourth-order valence-corrected chi connectivity index (χ4v) is 2.63. The quantitative estimate of drug-likeness (QED) is 0.918. The number of alkyl halides is 3. The largest absolute Gasteiger partial charge is 0.416 e. The van der Waals surface area contributed by atoms with Crippen molar-refractivity contribution in [2.45, 2.75) is 25.4 Å². The molecule has 2 aromatic rings. The summed E-state index contributed by atoms with van der Waals surface area (Å²) in [5.74, 6) is 1.29. The molecule has 0 amide bonds. The predicted molar refractivity (Wildman–Crippen MR) is 82.8 cm³/mol. The second-order valence-corrected chi connectivity index (χ2v) is 5.51. The summed E-state index contributed by atoms with van der Waals surface area (Å²) in [4.78, 5) is 10.5. The Hall–Kier alpha value is -2.31. The lowest BCUT2D eigenvalue weighted by molar-refractivity contribution is -0.137. The van der Waals surface area contributed by atoms with Gasteiger partial charge in [0.05, 0.1) is 5.56 Å². The van der Waals surface area contributed by atoms with Crippen LogP contribution in [0.1, 0.15) is 24.8 Å². The van der Waals surface area contributed by atoms with Gasteiger partial charge in [-0.05, 0) is 37.5 Å². The van der Waals surface area contributed by atoms with E-state index in [0.29, 0.717) is 11.5 Å². The highest BCUT2D eigenvalue weighted by Crippen LogP contribution is 2.31. The Labute approximate surface area is 132 Å². The molecule has 3 rings (SSSR count). The first-order chi connectivity index (χ1) is 11.0. The van der Waals surface area contributed by atoms with Gasteiger partial charge in [0.25, 0.3) is 0 Å². The molecule has 1 aliphatic rings. The van der Waals surface area contributed by atoms with Gasteiger partial charge in [0.15, 0.2) is 0 Å². The van der Waals surface area contributed by atoms with Crippen molar-refractivity contribution in [2.75, 3.05) is 23.3 Å². The first-order valence-electron chi connectivity index (χ1n) is 7.54. The number of hydrogen-bond acceptors (Lipinski definition) is 4. The van der Waals surface area contributed by atoms with Crippen LogP contribution in [0.3, 0.4) is 0 Å². The number of anilines is 3. The Morgan fingerprint density at radius 2 is 1.78 bits per heavy atom. The molecule has 23 heavy (non-hydrogen) atoms. The minimum Gasteiger partial charge on any atom is -0.356 e. The molecular formula is C16H17F3N4. The summed E-state index contributed by atoms with van der Waals surface area (Å²) in [5, 5.41) is 2.92. The number of aromatic nitrogens is 2. The van der Waals surface area contributed by atoms with Gasteiger partial charge in [-0.15, -0.1) is 0 Å². The lowest BCUT2D eigenvalue weighted by Gasteiger charge is -2.27. The van der Waals surface area contributed by atoms with Gasteiger partial charge in [0, 0.05) is 24.8 Å². The highest BCUT2D eigenvalue weighted by atomic mass is 19.4. The van der Waals surface area contributed by atoms with E-state index >= 15 is 0 Å². The van der Waals surface area contributed by atoms with E-state index in [9.17, 15) is 13.2 Å². The molecule has 2 heterocycles. The van der Waals surface area contributed by atoms with Crippen molar-refractivity contribution in [1.82, 2.24) is 9.97 Å². The van der Waals surface area contributed by atoms with Crippen molar-refractivity contribution in [3.05, 3.63) is 42.2 Å². The van der Waals surface area contributed by atoms with E-state index in [1.54, 1.807) is 12.1 Å². The fourth-order valence-electron chi connectivity index (χ4n) is 2.63. The molecule has 0 unspecified atom stereocenters. The third kappa shape index (κ3) is 3.91. The molecule has 1 aliphatic heterocycles. The van der Waals surface area contributed by atoms with Crippen molar-refractivity contribution in [2.24, 2.45) is 0 Å². The first-order valence-corrected chi connectivity index (χ1v) is 7.54. The predicted octanol–water partition coefficient (Wildman–Crippen LogP) is 4.23. The zero-order valence-electron chi connectivity index (χ0n) is 12.5. The Morgan fingerprint density at radius 3 is 2.52 bits per heavy atom. The van der Waals surface area contributed by atoms with Crippen LogP contribution in [0.5, 0.6) is 0 Å². The minimum absolute atomic E-state index is 0.350. The number of nitrogens with zero attached hydrogens (tertiary/aromatic N) is 3. The smallest absolute Gasteiger partial charge is 0.356 e. The van der Waals surface area contributed by atoms with Crippen LogP contribution in [0.25, 0.3) is 0 Å². The molecular weight excluding hydrogens is 305 g/mol. The maximum absolute atomic E-state index is 12.8. The number of nitrogens with one attached hydrogen (secondary N) is 1. The number of benzene rings is 1. The van der Waals surface area contributed by atoms with Gasteiger partial charge in [-0.2, -0.15) is 13.2 Å². The molecule has 0 atom stereocenters. The highest BCUT2D eigenvalue weighted by Gasteiger charge is 2.30. The van der Waals surface area contributed by atoms with Crippen molar-refractivity contribution < 1.29 is 13.2 Å². The number of halogens is 3. The van der Waals surface area contributed by atoms with Crippen LogP contribution in [-0.2, 0) is 6.18 Å². The van der Waals surface area contributed by atoms with Crippen LogP contribution in [0.2, 0.25) is 0 Å². The molecule has 1 N–H and O–H groups in total. The molecule has 4 nitrogen and oxygen atoms in total.